The molecule has 0 spiro atoms. The highest BCUT2D eigenvalue weighted by Gasteiger charge is 2.56. The van der Waals surface area contributed by atoms with Crippen LogP contribution in [-0.4, -0.2) is 60.3 Å². The van der Waals surface area contributed by atoms with E-state index in [9.17, 15) is 5.11 Å². The Kier molecular flexibility index (Phi) is 5.41. The number of nitrogens with zero attached hydrogens (tertiary/aromatic N) is 4. The zero-order valence-electron chi connectivity index (χ0n) is 18.3. The number of aliphatic hydroxyl groups is 1. The van der Waals surface area contributed by atoms with Crippen molar-refractivity contribution in [3.8, 4) is 0 Å². The van der Waals surface area contributed by atoms with E-state index in [1.165, 1.54) is 24.5 Å². The second kappa shape index (κ2) is 7.84. The number of thioether (sulfide) groups is 1. The summed E-state index contributed by atoms with van der Waals surface area (Å²) in [7, 11) is 0. The first kappa shape index (κ1) is 21.4. The fourth-order valence-corrected chi connectivity index (χ4v) is 6.16. The maximum atomic E-state index is 11.0. The molecule has 1 aliphatic carbocycles. The van der Waals surface area contributed by atoms with E-state index >= 15 is 0 Å². The van der Waals surface area contributed by atoms with Crippen molar-refractivity contribution in [3.05, 3.63) is 6.33 Å². The van der Waals surface area contributed by atoms with Gasteiger partial charge in [0.25, 0.3) is 0 Å². The van der Waals surface area contributed by atoms with E-state index in [-0.39, 0.29) is 18.3 Å². The molecule has 5 rings (SSSR count). The van der Waals surface area contributed by atoms with Crippen LogP contribution in [-0.2, 0) is 14.2 Å². The zero-order valence-corrected chi connectivity index (χ0v) is 19.1. The summed E-state index contributed by atoms with van der Waals surface area (Å²) in [4.78, 5) is 8.66. The zero-order chi connectivity index (χ0) is 21.8. The highest BCUT2D eigenvalue weighted by molar-refractivity contribution is 7.99. The van der Waals surface area contributed by atoms with Gasteiger partial charge in [-0.1, -0.05) is 26.2 Å². The van der Waals surface area contributed by atoms with Crippen molar-refractivity contribution in [2.45, 2.75) is 100 Å². The Balaban J connectivity index is 1.49. The molecular weight excluding hydrogens is 418 g/mol. The van der Waals surface area contributed by atoms with Crippen LogP contribution in [0.4, 0.5) is 5.82 Å². The van der Waals surface area contributed by atoms with Gasteiger partial charge in [-0.2, -0.15) is 5.10 Å². The average molecular weight is 450 g/mol. The van der Waals surface area contributed by atoms with E-state index in [1.807, 2.05) is 13.8 Å². The Morgan fingerprint density at radius 2 is 1.94 bits per heavy atom. The number of fused-ring (bicyclic) bond motifs is 2. The number of nitrogen functional groups attached to an aromatic ring is 1. The standard InChI is InChI=1S/C21H31N5O4S/c1-4-12-14-15(30-20(2,3)29-14)19(28-12)26-17-13(16(22)23-11-24-17)18(25-26)31-10-21(27)8-6-5-7-9-21/h11-12,14-15,19,27H,4-10H2,1-3H3,(H2,22,23,24)/t12-,14-,15-,19-/m1/s1. The first-order valence-corrected chi connectivity index (χ1v) is 12.1. The molecule has 170 valence electrons. The second-order valence-corrected chi connectivity index (χ2v) is 10.3. The Morgan fingerprint density at radius 3 is 2.68 bits per heavy atom. The van der Waals surface area contributed by atoms with Crippen molar-refractivity contribution >= 4 is 28.6 Å². The molecule has 31 heavy (non-hydrogen) atoms. The Labute approximate surface area is 186 Å². The number of hydrogen-bond acceptors (Lipinski definition) is 9. The molecule has 10 heteroatoms. The lowest BCUT2D eigenvalue weighted by Crippen LogP contribution is -2.34. The molecule has 0 bridgehead atoms. The van der Waals surface area contributed by atoms with Crippen LogP contribution in [0.15, 0.2) is 11.4 Å². The minimum Gasteiger partial charge on any atom is -0.389 e. The summed E-state index contributed by atoms with van der Waals surface area (Å²) in [6.45, 7) is 5.91. The number of nitrogens with two attached hydrogens (primary N) is 1. The Hall–Kier alpha value is -1.46. The lowest BCUT2D eigenvalue weighted by atomic mass is 9.86. The largest absolute Gasteiger partial charge is 0.389 e. The molecule has 2 aromatic heterocycles. The molecule has 2 saturated heterocycles. The first-order valence-electron chi connectivity index (χ1n) is 11.2. The van der Waals surface area contributed by atoms with Crippen LogP contribution in [0.5, 0.6) is 0 Å². The van der Waals surface area contributed by atoms with Gasteiger partial charge in [0, 0.05) is 5.75 Å². The predicted octanol–water partition coefficient (Wildman–Crippen LogP) is 3.02. The van der Waals surface area contributed by atoms with Crippen molar-refractivity contribution in [1.29, 1.82) is 0 Å². The molecular formula is C21H31N5O4S. The van der Waals surface area contributed by atoms with Crippen molar-refractivity contribution in [2.24, 2.45) is 0 Å². The van der Waals surface area contributed by atoms with E-state index in [1.54, 1.807) is 4.68 Å². The third-order valence-corrected chi connectivity index (χ3v) is 7.76. The molecule has 3 aliphatic rings. The summed E-state index contributed by atoms with van der Waals surface area (Å²) in [5, 5.41) is 17.2. The van der Waals surface area contributed by atoms with Crippen LogP contribution < -0.4 is 5.73 Å². The van der Waals surface area contributed by atoms with Gasteiger partial charge in [-0.25, -0.2) is 14.6 Å². The SMILES string of the molecule is CC[C@H]1O[C@@H](n2nc(SCC3(O)CCCCC3)c3c(N)ncnc32)[C@@H]2OC(C)(C)O[C@@H]21. The molecule has 0 radical (unpaired) electrons. The van der Waals surface area contributed by atoms with Crippen LogP contribution in [0.1, 0.15) is 65.5 Å². The van der Waals surface area contributed by atoms with Crippen molar-refractivity contribution in [3.63, 3.8) is 0 Å². The van der Waals surface area contributed by atoms with Gasteiger partial charge < -0.3 is 25.1 Å². The van der Waals surface area contributed by atoms with Crippen LogP contribution in [0.2, 0.25) is 0 Å². The molecule has 4 atom stereocenters. The van der Waals surface area contributed by atoms with Gasteiger partial charge in [-0.3, -0.25) is 0 Å². The summed E-state index contributed by atoms with van der Waals surface area (Å²) in [6, 6.07) is 0. The molecule has 0 unspecified atom stereocenters. The Bertz CT molecular complexity index is 961. The average Bonchev–Trinajstić information content (AvgIpc) is 3.36. The van der Waals surface area contributed by atoms with Gasteiger partial charge in [0.15, 0.2) is 17.7 Å². The third-order valence-electron chi connectivity index (χ3n) is 6.52. The predicted molar refractivity (Wildman–Crippen MR) is 117 cm³/mol. The van der Waals surface area contributed by atoms with E-state index in [4.69, 9.17) is 25.0 Å². The highest BCUT2D eigenvalue weighted by Crippen LogP contribution is 2.45. The van der Waals surface area contributed by atoms with Crippen molar-refractivity contribution in [2.75, 3.05) is 11.5 Å². The van der Waals surface area contributed by atoms with Gasteiger partial charge >= 0.3 is 0 Å². The number of rotatable bonds is 5. The Morgan fingerprint density at radius 1 is 1.19 bits per heavy atom. The number of aromatic nitrogens is 4. The number of hydrogen-bond donors (Lipinski definition) is 2. The molecule has 3 N–H and O–H groups in total. The maximum absolute atomic E-state index is 11.0. The molecule has 2 aromatic rings. The number of anilines is 1. The van der Waals surface area contributed by atoms with Crippen molar-refractivity contribution in [1.82, 2.24) is 19.7 Å². The van der Waals surface area contributed by atoms with E-state index < -0.39 is 17.6 Å². The lowest BCUT2D eigenvalue weighted by Gasteiger charge is -2.31. The minimum absolute atomic E-state index is 0.0886. The fraction of sp³-hybridized carbons (Fsp3) is 0.762. The molecule has 0 aromatic carbocycles. The molecule has 4 heterocycles. The van der Waals surface area contributed by atoms with Crippen LogP contribution in [0, 0.1) is 0 Å². The lowest BCUT2D eigenvalue weighted by molar-refractivity contribution is -0.197. The molecule has 3 fully saturated rings. The summed E-state index contributed by atoms with van der Waals surface area (Å²) >= 11 is 1.51. The van der Waals surface area contributed by atoms with E-state index in [2.05, 4.69) is 16.9 Å². The minimum atomic E-state index is -0.677. The summed E-state index contributed by atoms with van der Waals surface area (Å²) in [5.74, 6) is 0.263. The van der Waals surface area contributed by atoms with Crippen LogP contribution in [0.25, 0.3) is 11.0 Å². The quantitative estimate of drug-likeness (QED) is 0.664. The van der Waals surface area contributed by atoms with Gasteiger partial charge in [0.05, 0.1) is 17.1 Å². The highest BCUT2D eigenvalue weighted by atomic mass is 32.2. The van der Waals surface area contributed by atoms with Crippen LogP contribution in [0.3, 0.4) is 0 Å². The molecule has 0 amide bonds. The van der Waals surface area contributed by atoms with E-state index in [0.717, 1.165) is 32.1 Å². The third kappa shape index (κ3) is 3.82. The number of ether oxygens (including phenoxy) is 3. The van der Waals surface area contributed by atoms with Gasteiger partial charge in [0.2, 0.25) is 0 Å². The molecule has 2 aliphatic heterocycles. The summed E-state index contributed by atoms with van der Waals surface area (Å²) in [5.41, 5.74) is 6.18. The second-order valence-electron chi connectivity index (χ2n) is 9.32. The van der Waals surface area contributed by atoms with Crippen molar-refractivity contribution < 1.29 is 19.3 Å². The summed E-state index contributed by atoms with van der Waals surface area (Å²) < 4.78 is 20.4. The fourth-order valence-electron chi connectivity index (χ4n) is 4.98. The monoisotopic (exact) mass is 449 g/mol. The summed E-state index contributed by atoms with van der Waals surface area (Å²) in [6.07, 6.45) is 6.17. The van der Waals surface area contributed by atoms with Crippen LogP contribution >= 0.6 is 11.8 Å². The normalized spacial score (nSPS) is 31.9. The smallest absolute Gasteiger partial charge is 0.181 e. The topological polar surface area (TPSA) is 118 Å². The maximum Gasteiger partial charge on any atom is 0.181 e. The van der Waals surface area contributed by atoms with E-state index in [0.29, 0.717) is 27.6 Å². The van der Waals surface area contributed by atoms with Gasteiger partial charge in [-0.05, 0) is 33.1 Å². The first-order chi connectivity index (χ1) is 14.8. The molecule has 1 saturated carbocycles. The van der Waals surface area contributed by atoms with Gasteiger partial charge in [-0.15, -0.1) is 11.8 Å². The van der Waals surface area contributed by atoms with Gasteiger partial charge in [0.1, 0.15) is 29.4 Å². The molecule has 9 nitrogen and oxygen atoms in total.